The van der Waals surface area contributed by atoms with E-state index >= 15 is 0 Å². The molecule has 1 aromatic carbocycles. The first kappa shape index (κ1) is 15.0. The topological polar surface area (TPSA) is 70.2 Å². The quantitative estimate of drug-likeness (QED) is 0.726. The van der Waals surface area contributed by atoms with Gasteiger partial charge in [0.2, 0.25) is 5.91 Å². The smallest absolute Gasteiger partial charge is 0.251 e. The Labute approximate surface area is 113 Å². The third kappa shape index (κ3) is 5.42. The molecule has 19 heavy (non-hydrogen) atoms. The maximum Gasteiger partial charge on any atom is 0.251 e. The number of carbonyl (C=O) groups excluding carboxylic acids is 2. The standard InChI is InChI=1S/C14H21N3O2/c1-4-15-13(18)9-16-12-7-5-11(6-8-12)14(19)17-10(2)3/h5-8,10,16H,4,9H2,1-3H3,(H,15,18)(H,17,19). The SMILES string of the molecule is CCNC(=O)CNc1ccc(C(=O)NC(C)C)cc1. The van der Waals surface area contributed by atoms with Gasteiger partial charge in [-0.1, -0.05) is 0 Å². The van der Waals surface area contributed by atoms with Crippen molar-refractivity contribution in [3.05, 3.63) is 29.8 Å². The Bertz CT molecular complexity index is 427. The van der Waals surface area contributed by atoms with Gasteiger partial charge in [-0.05, 0) is 45.0 Å². The van der Waals surface area contributed by atoms with E-state index in [1.165, 1.54) is 0 Å². The van der Waals surface area contributed by atoms with Gasteiger partial charge in [0.1, 0.15) is 0 Å². The Kier molecular flexibility index (Phi) is 5.85. The van der Waals surface area contributed by atoms with Crippen LogP contribution in [0.4, 0.5) is 5.69 Å². The zero-order chi connectivity index (χ0) is 14.3. The largest absolute Gasteiger partial charge is 0.376 e. The lowest BCUT2D eigenvalue weighted by Gasteiger charge is -2.09. The summed E-state index contributed by atoms with van der Waals surface area (Å²) in [4.78, 5) is 23.0. The lowest BCUT2D eigenvalue weighted by Crippen LogP contribution is -2.30. The molecule has 0 fully saturated rings. The van der Waals surface area contributed by atoms with Crippen LogP contribution in [0.2, 0.25) is 0 Å². The number of amides is 2. The second-order valence-corrected chi connectivity index (χ2v) is 4.51. The lowest BCUT2D eigenvalue weighted by atomic mass is 10.2. The molecule has 1 aromatic rings. The summed E-state index contributed by atoms with van der Waals surface area (Å²) in [5.41, 5.74) is 1.42. The molecule has 0 saturated heterocycles. The van der Waals surface area contributed by atoms with Crippen molar-refractivity contribution in [2.45, 2.75) is 26.8 Å². The maximum atomic E-state index is 11.7. The van der Waals surface area contributed by atoms with Gasteiger partial charge in [0.15, 0.2) is 0 Å². The molecule has 0 heterocycles. The number of nitrogens with one attached hydrogen (secondary N) is 3. The highest BCUT2D eigenvalue weighted by atomic mass is 16.2. The van der Waals surface area contributed by atoms with Crippen LogP contribution in [-0.4, -0.2) is 30.9 Å². The summed E-state index contributed by atoms with van der Waals surface area (Å²) in [5, 5.41) is 8.52. The van der Waals surface area contributed by atoms with E-state index in [4.69, 9.17) is 0 Å². The summed E-state index contributed by atoms with van der Waals surface area (Å²) in [7, 11) is 0. The molecule has 0 atom stereocenters. The van der Waals surface area contributed by atoms with Crippen molar-refractivity contribution < 1.29 is 9.59 Å². The Morgan fingerprint density at radius 2 is 1.79 bits per heavy atom. The fourth-order valence-electron chi connectivity index (χ4n) is 1.53. The summed E-state index contributed by atoms with van der Waals surface area (Å²) in [6.07, 6.45) is 0. The molecule has 0 unspecified atom stereocenters. The second-order valence-electron chi connectivity index (χ2n) is 4.51. The minimum absolute atomic E-state index is 0.0517. The van der Waals surface area contributed by atoms with Crippen LogP contribution in [0.15, 0.2) is 24.3 Å². The number of hydrogen-bond donors (Lipinski definition) is 3. The molecule has 0 radical (unpaired) electrons. The minimum Gasteiger partial charge on any atom is -0.376 e. The molecule has 104 valence electrons. The molecular weight excluding hydrogens is 242 g/mol. The van der Waals surface area contributed by atoms with Crippen LogP contribution in [0.25, 0.3) is 0 Å². The van der Waals surface area contributed by atoms with Crippen molar-refractivity contribution in [2.24, 2.45) is 0 Å². The predicted molar refractivity (Wildman–Crippen MR) is 76.2 cm³/mol. The van der Waals surface area contributed by atoms with E-state index in [9.17, 15) is 9.59 Å². The van der Waals surface area contributed by atoms with Gasteiger partial charge in [0, 0.05) is 23.8 Å². The first-order chi connectivity index (χ1) is 9.02. The van der Waals surface area contributed by atoms with Crippen LogP contribution in [0.3, 0.4) is 0 Å². The van der Waals surface area contributed by atoms with Gasteiger partial charge in [-0.25, -0.2) is 0 Å². The van der Waals surface area contributed by atoms with Gasteiger partial charge >= 0.3 is 0 Å². The zero-order valence-corrected chi connectivity index (χ0v) is 11.6. The van der Waals surface area contributed by atoms with E-state index in [0.29, 0.717) is 12.1 Å². The number of hydrogen-bond acceptors (Lipinski definition) is 3. The Morgan fingerprint density at radius 1 is 1.16 bits per heavy atom. The van der Waals surface area contributed by atoms with E-state index < -0.39 is 0 Å². The Hall–Kier alpha value is -2.04. The van der Waals surface area contributed by atoms with Crippen molar-refractivity contribution >= 4 is 17.5 Å². The molecule has 0 bridgehead atoms. The van der Waals surface area contributed by atoms with E-state index in [-0.39, 0.29) is 24.4 Å². The van der Waals surface area contributed by atoms with Crippen molar-refractivity contribution in [1.29, 1.82) is 0 Å². The third-order valence-corrected chi connectivity index (χ3v) is 2.39. The predicted octanol–water partition coefficient (Wildman–Crippen LogP) is 1.37. The molecule has 5 heteroatoms. The maximum absolute atomic E-state index is 11.7. The average molecular weight is 263 g/mol. The highest BCUT2D eigenvalue weighted by Crippen LogP contribution is 2.09. The highest BCUT2D eigenvalue weighted by molar-refractivity contribution is 5.94. The Balaban J connectivity index is 2.52. The molecule has 3 N–H and O–H groups in total. The van der Waals surface area contributed by atoms with E-state index in [1.54, 1.807) is 24.3 Å². The summed E-state index contributed by atoms with van der Waals surface area (Å²) in [6.45, 7) is 6.56. The number of anilines is 1. The van der Waals surface area contributed by atoms with Gasteiger partial charge in [-0.3, -0.25) is 9.59 Å². The third-order valence-electron chi connectivity index (χ3n) is 2.39. The summed E-state index contributed by atoms with van der Waals surface area (Å²) >= 11 is 0. The molecule has 0 saturated carbocycles. The average Bonchev–Trinajstić information content (AvgIpc) is 2.36. The van der Waals surface area contributed by atoms with Crippen LogP contribution in [0.1, 0.15) is 31.1 Å². The molecule has 0 spiro atoms. The van der Waals surface area contributed by atoms with Crippen molar-refractivity contribution in [1.82, 2.24) is 10.6 Å². The second kappa shape index (κ2) is 7.41. The van der Waals surface area contributed by atoms with Gasteiger partial charge in [-0.15, -0.1) is 0 Å². The first-order valence-electron chi connectivity index (χ1n) is 6.44. The van der Waals surface area contributed by atoms with Crippen LogP contribution < -0.4 is 16.0 Å². The molecule has 0 aliphatic heterocycles. The summed E-state index contributed by atoms with van der Waals surface area (Å²) in [5.74, 6) is -0.144. The van der Waals surface area contributed by atoms with Crippen molar-refractivity contribution in [3.63, 3.8) is 0 Å². The van der Waals surface area contributed by atoms with E-state index in [2.05, 4.69) is 16.0 Å². The molecule has 0 aromatic heterocycles. The van der Waals surface area contributed by atoms with Gasteiger partial charge in [0.05, 0.1) is 6.54 Å². The molecular formula is C14H21N3O2. The number of likely N-dealkylation sites (N-methyl/N-ethyl adjacent to an activating group) is 1. The number of benzene rings is 1. The van der Waals surface area contributed by atoms with Crippen LogP contribution in [-0.2, 0) is 4.79 Å². The van der Waals surface area contributed by atoms with E-state index in [0.717, 1.165) is 5.69 Å². The van der Waals surface area contributed by atoms with Crippen LogP contribution in [0.5, 0.6) is 0 Å². The normalized spacial score (nSPS) is 10.1. The van der Waals surface area contributed by atoms with Crippen molar-refractivity contribution in [2.75, 3.05) is 18.4 Å². The van der Waals surface area contributed by atoms with Crippen LogP contribution in [0, 0.1) is 0 Å². The molecule has 1 rings (SSSR count). The fourth-order valence-corrected chi connectivity index (χ4v) is 1.53. The molecule has 5 nitrogen and oxygen atoms in total. The molecule has 0 aliphatic rings. The minimum atomic E-state index is -0.0923. The first-order valence-corrected chi connectivity index (χ1v) is 6.44. The summed E-state index contributed by atoms with van der Waals surface area (Å²) in [6, 6.07) is 7.15. The lowest BCUT2D eigenvalue weighted by molar-refractivity contribution is -0.119. The molecule has 2 amide bonds. The van der Waals surface area contributed by atoms with E-state index in [1.807, 2.05) is 20.8 Å². The highest BCUT2D eigenvalue weighted by Gasteiger charge is 2.06. The molecule has 0 aliphatic carbocycles. The fraction of sp³-hybridized carbons (Fsp3) is 0.429. The summed E-state index contributed by atoms with van der Waals surface area (Å²) < 4.78 is 0. The number of carbonyl (C=O) groups is 2. The number of rotatable bonds is 6. The van der Waals surface area contributed by atoms with Gasteiger partial charge in [-0.2, -0.15) is 0 Å². The van der Waals surface area contributed by atoms with Crippen molar-refractivity contribution in [3.8, 4) is 0 Å². The zero-order valence-electron chi connectivity index (χ0n) is 11.6. The Morgan fingerprint density at radius 3 is 2.32 bits per heavy atom. The van der Waals surface area contributed by atoms with Gasteiger partial charge in [0.25, 0.3) is 5.91 Å². The van der Waals surface area contributed by atoms with Crippen LogP contribution >= 0.6 is 0 Å². The van der Waals surface area contributed by atoms with Gasteiger partial charge < -0.3 is 16.0 Å². The monoisotopic (exact) mass is 263 g/mol.